The van der Waals surface area contributed by atoms with Gasteiger partial charge in [-0.25, -0.2) is 0 Å². The maximum Gasteiger partial charge on any atom is 0.216 e. The van der Waals surface area contributed by atoms with Gasteiger partial charge in [-0.2, -0.15) is 0 Å². The number of benzene rings is 1. The summed E-state index contributed by atoms with van der Waals surface area (Å²) >= 11 is 0. The van der Waals surface area contributed by atoms with Gasteiger partial charge in [0.25, 0.3) is 0 Å². The van der Waals surface area contributed by atoms with Gasteiger partial charge in [0.1, 0.15) is 0 Å². The molecule has 0 aliphatic rings. The number of nitrogens with one attached hydrogen (secondary N) is 1. The Morgan fingerprint density at radius 1 is 1.29 bits per heavy atom. The SMILES string of the molecule is CC(=O)NCCC#Cc1ccc(C(C)C)cc1. The van der Waals surface area contributed by atoms with Crippen LogP contribution in [0.5, 0.6) is 0 Å². The first-order valence-corrected chi connectivity index (χ1v) is 5.93. The molecule has 0 fully saturated rings. The fraction of sp³-hybridized carbons (Fsp3) is 0.400. The molecule has 1 aromatic rings. The lowest BCUT2D eigenvalue weighted by Gasteiger charge is -2.03. The van der Waals surface area contributed by atoms with E-state index in [0.29, 0.717) is 18.9 Å². The first-order valence-electron chi connectivity index (χ1n) is 5.93. The van der Waals surface area contributed by atoms with Crippen molar-refractivity contribution in [1.29, 1.82) is 0 Å². The smallest absolute Gasteiger partial charge is 0.216 e. The predicted molar refractivity (Wildman–Crippen MR) is 70.7 cm³/mol. The number of hydrogen-bond donors (Lipinski definition) is 1. The predicted octanol–water partition coefficient (Wildman–Crippen LogP) is 2.69. The molecule has 0 saturated carbocycles. The molecule has 1 amide bonds. The van der Waals surface area contributed by atoms with Crippen LogP contribution < -0.4 is 5.32 Å². The van der Waals surface area contributed by atoms with Crippen LogP contribution in [0.25, 0.3) is 0 Å². The van der Waals surface area contributed by atoms with Gasteiger partial charge in [0.15, 0.2) is 0 Å². The van der Waals surface area contributed by atoms with Crippen molar-refractivity contribution in [3.63, 3.8) is 0 Å². The van der Waals surface area contributed by atoms with E-state index >= 15 is 0 Å². The molecular formula is C15H19NO. The fourth-order valence-corrected chi connectivity index (χ4v) is 1.42. The normalized spacial score (nSPS) is 9.65. The Morgan fingerprint density at radius 3 is 2.47 bits per heavy atom. The van der Waals surface area contributed by atoms with Crippen molar-refractivity contribution in [2.24, 2.45) is 0 Å². The van der Waals surface area contributed by atoms with Gasteiger partial charge in [0.05, 0.1) is 0 Å². The van der Waals surface area contributed by atoms with Gasteiger partial charge in [0, 0.05) is 25.5 Å². The molecule has 1 N–H and O–H groups in total. The summed E-state index contributed by atoms with van der Waals surface area (Å²) in [5.41, 5.74) is 2.35. The Kier molecular flexibility index (Phi) is 5.29. The number of carbonyl (C=O) groups is 1. The lowest BCUT2D eigenvalue weighted by Crippen LogP contribution is -2.20. The van der Waals surface area contributed by atoms with Gasteiger partial charge in [0.2, 0.25) is 5.91 Å². The fourth-order valence-electron chi connectivity index (χ4n) is 1.42. The minimum Gasteiger partial charge on any atom is -0.355 e. The molecular weight excluding hydrogens is 210 g/mol. The molecule has 0 atom stereocenters. The summed E-state index contributed by atoms with van der Waals surface area (Å²) < 4.78 is 0. The van der Waals surface area contributed by atoms with E-state index in [1.54, 1.807) is 0 Å². The third-order valence-electron chi connectivity index (χ3n) is 2.43. The van der Waals surface area contributed by atoms with Gasteiger partial charge in [-0.1, -0.05) is 37.8 Å². The Bertz CT molecular complexity index is 420. The van der Waals surface area contributed by atoms with Crippen LogP contribution in [0.1, 0.15) is 44.2 Å². The van der Waals surface area contributed by atoms with Gasteiger partial charge in [-0.15, -0.1) is 0 Å². The summed E-state index contributed by atoms with van der Waals surface area (Å²) in [5.74, 6) is 6.67. The minimum atomic E-state index is -0.00640. The molecule has 90 valence electrons. The summed E-state index contributed by atoms with van der Waals surface area (Å²) in [6, 6.07) is 8.31. The standard InChI is InChI=1S/C15H19NO/c1-12(2)15-9-7-14(8-10-15)6-4-5-11-16-13(3)17/h7-10,12H,5,11H2,1-3H3,(H,16,17). The van der Waals surface area contributed by atoms with Crippen molar-refractivity contribution in [2.75, 3.05) is 6.54 Å². The van der Waals surface area contributed by atoms with Gasteiger partial charge in [-0.3, -0.25) is 4.79 Å². The second kappa shape index (κ2) is 6.75. The number of hydrogen-bond acceptors (Lipinski definition) is 1. The molecule has 2 nitrogen and oxygen atoms in total. The third-order valence-corrected chi connectivity index (χ3v) is 2.43. The second-order valence-electron chi connectivity index (χ2n) is 4.31. The average molecular weight is 229 g/mol. The van der Waals surface area contributed by atoms with Crippen molar-refractivity contribution in [2.45, 2.75) is 33.1 Å². The van der Waals surface area contributed by atoms with Crippen molar-refractivity contribution < 1.29 is 4.79 Å². The van der Waals surface area contributed by atoms with E-state index in [1.807, 2.05) is 12.1 Å². The van der Waals surface area contributed by atoms with Gasteiger partial charge >= 0.3 is 0 Å². The summed E-state index contributed by atoms with van der Waals surface area (Å²) in [6.07, 6.45) is 0.686. The van der Waals surface area contributed by atoms with Gasteiger partial charge in [-0.05, 0) is 23.6 Å². The molecule has 2 heteroatoms. The van der Waals surface area contributed by atoms with Crippen LogP contribution in [0.15, 0.2) is 24.3 Å². The summed E-state index contributed by atoms with van der Waals surface area (Å²) in [6.45, 7) is 6.48. The lowest BCUT2D eigenvalue weighted by molar-refractivity contribution is -0.118. The zero-order chi connectivity index (χ0) is 12.7. The molecule has 0 aromatic heterocycles. The average Bonchev–Trinajstić information content (AvgIpc) is 2.29. The van der Waals surface area contributed by atoms with E-state index in [9.17, 15) is 4.79 Å². The van der Waals surface area contributed by atoms with E-state index in [-0.39, 0.29) is 5.91 Å². The van der Waals surface area contributed by atoms with E-state index in [1.165, 1.54) is 12.5 Å². The minimum absolute atomic E-state index is 0.00640. The molecule has 1 aromatic carbocycles. The Labute approximate surface area is 103 Å². The van der Waals surface area contributed by atoms with E-state index in [2.05, 4.69) is 43.1 Å². The van der Waals surface area contributed by atoms with Crippen LogP contribution >= 0.6 is 0 Å². The number of carbonyl (C=O) groups excluding carboxylic acids is 1. The zero-order valence-corrected chi connectivity index (χ0v) is 10.7. The Hall–Kier alpha value is -1.75. The van der Waals surface area contributed by atoms with Crippen LogP contribution in [0.3, 0.4) is 0 Å². The molecule has 0 unspecified atom stereocenters. The van der Waals surface area contributed by atoms with E-state index < -0.39 is 0 Å². The molecule has 0 saturated heterocycles. The van der Waals surface area contributed by atoms with Crippen molar-refractivity contribution >= 4 is 5.91 Å². The molecule has 17 heavy (non-hydrogen) atoms. The molecule has 1 rings (SSSR count). The topological polar surface area (TPSA) is 29.1 Å². The zero-order valence-electron chi connectivity index (χ0n) is 10.7. The molecule has 0 heterocycles. The van der Waals surface area contributed by atoms with Crippen LogP contribution in [0.2, 0.25) is 0 Å². The molecule has 0 spiro atoms. The summed E-state index contributed by atoms with van der Waals surface area (Å²) in [7, 11) is 0. The molecule has 0 bridgehead atoms. The van der Waals surface area contributed by atoms with E-state index in [0.717, 1.165) is 5.56 Å². The van der Waals surface area contributed by atoms with Crippen molar-refractivity contribution in [3.05, 3.63) is 35.4 Å². The highest BCUT2D eigenvalue weighted by Crippen LogP contribution is 2.13. The van der Waals surface area contributed by atoms with Crippen molar-refractivity contribution in [1.82, 2.24) is 5.32 Å². The molecule has 0 aliphatic carbocycles. The lowest BCUT2D eigenvalue weighted by atomic mass is 10.0. The highest BCUT2D eigenvalue weighted by Gasteiger charge is 1.96. The largest absolute Gasteiger partial charge is 0.355 e. The third kappa shape index (κ3) is 5.21. The Balaban J connectivity index is 2.46. The maximum atomic E-state index is 10.6. The van der Waals surface area contributed by atoms with Crippen LogP contribution in [-0.2, 0) is 4.79 Å². The highest BCUT2D eigenvalue weighted by atomic mass is 16.1. The first-order chi connectivity index (χ1) is 8.09. The monoisotopic (exact) mass is 229 g/mol. The quantitative estimate of drug-likeness (QED) is 0.626. The van der Waals surface area contributed by atoms with Crippen LogP contribution in [0.4, 0.5) is 0 Å². The summed E-state index contributed by atoms with van der Waals surface area (Å²) in [4.78, 5) is 10.6. The Morgan fingerprint density at radius 2 is 1.94 bits per heavy atom. The van der Waals surface area contributed by atoms with Crippen molar-refractivity contribution in [3.8, 4) is 11.8 Å². The van der Waals surface area contributed by atoms with Crippen LogP contribution in [-0.4, -0.2) is 12.5 Å². The number of amides is 1. The highest BCUT2D eigenvalue weighted by molar-refractivity contribution is 5.72. The second-order valence-corrected chi connectivity index (χ2v) is 4.31. The molecule has 0 radical (unpaired) electrons. The van der Waals surface area contributed by atoms with Crippen LogP contribution in [0, 0.1) is 11.8 Å². The number of rotatable bonds is 3. The van der Waals surface area contributed by atoms with E-state index in [4.69, 9.17) is 0 Å². The summed E-state index contributed by atoms with van der Waals surface area (Å²) in [5, 5.41) is 2.71. The van der Waals surface area contributed by atoms with Gasteiger partial charge < -0.3 is 5.32 Å². The maximum absolute atomic E-state index is 10.6. The first kappa shape index (κ1) is 13.3. The molecule has 0 aliphatic heterocycles.